The summed E-state index contributed by atoms with van der Waals surface area (Å²) in [5, 5.41) is 2.40. The van der Waals surface area contributed by atoms with Gasteiger partial charge in [-0.1, -0.05) is 48.5 Å². The van der Waals surface area contributed by atoms with Gasteiger partial charge in [0.05, 0.1) is 5.69 Å². The zero-order chi connectivity index (χ0) is 18.4. The van der Waals surface area contributed by atoms with Crippen molar-refractivity contribution in [3.63, 3.8) is 0 Å². The van der Waals surface area contributed by atoms with Crippen molar-refractivity contribution in [3.05, 3.63) is 65.7 Å². The van der Waals surface area contributed by atoms with Crippen LogP contribution in [0.1, 0.15) is 29.8 Å². The Morgan fingerprint density at radius 3 is 2.19 bits per heavy atom. The Kier molecular flexibility index (Phi) is 3.58. The van der Waals surface area contributed by atoms with Gasteiger partial charge in [-0.3, -0.25) is 9.59 Å². The molecule has 0 saturated heterocycles. The minimum atomic E-state index is -0.595. The fraction of sp³-hybridized carbons (Fsp3) is 0.0952. The molecule has 0 radical (unpaired) electrons. The van der Waals surface area contributed by atoms with Gasteiger partial charge in [0.15, 0.2) is 5.78 Å². The molecule has 4 rings (SSSR count). The molecule has 128 valence electrons. The van der Waals surface area contributed by atoms with E-state index >= 15 is 0 Å². The lowest BCUT2D eigenvalue weighted by Gasteiger charge is -2.24. The van der Waals surface area contributed by atoms with Gasteiger partial charge in [-0.05, 0) is 17.2 Å². The average Bonchev–Trinajstić information content (AvgIpc) is 2.63. The maximum absolute atomic E-state index is 12.9. The first kappa shape index (κ1) is 16.0. The van der Waals surface area contributed by atoms with E-state index in [2.05, 4.69) is 0 Å². The Hall–Kier alpha value is -3.47. The molecule has 0 heterocycles. The van der Waals surface area contributed by atoms with Crippen LogP contribution in [0.5, 0.6) is 0 Å². The van der Waals surface area contributed by atoms with Crippen molar-refractivity contribution in [2.75, 3.05) is 5.06 Å². The number of ketones is 1. The van der Waals surface area contributed by atoms with Gasteiger partial charge < -0.3 is 4.84 Å². The van der Waals surface area contributed by atoms with Gasteiger partial charge in [-0.2, -0.15) is 0 Å². The molecule has 3 aromatic carbocycles. The third kappa shape index (κ3) is 2.29. The summed E-state index contributed by atoms with van der Waals surface area (Å²) in [4.78, 5) is 41.5. The molecular formula is C21H15NO4. The van der Waals surface area contributed by atoms with Gasteiger partial charge in [0.25, 0.3) is 5.91 Å². The topological polar surface area (TPSA) is 63.7 Å². The van der Waals surface area contributed by atoms with Crippen molar-refractivity contribution < 1.29 is 19.2 Å². The summed E-state index contributed by atoms with van der Waals surface area (Å²) in [5.41, 5.74) is 3.43. The quantitative estimate of drug-likeness (QED) is 0.491. The Morgan fingerprint density at radius 2 is 1.50 bits per heavy atom. The van der Waals surface area contributed by atoms with E-state index in [-0.39, 0.29) is 5.78 Å². The standard InChI is InChI=1S/C21H15NO4/c1-12(23)22(26-13(2)24)19-11-10-15-14-6-3-4-7-16(14)21(25)18-9-5-8-17(19)20(15)18/h3-11H,1-2H3. The molecule has 0 aromatic heterocycles. The van der Waals surface area contributed by atoms with Crippen LogP contribution in [-0.4, -0.2) is 17.7 Å². The summed E-state index contributed by atoms with van der Waals surface area (Å²) >= 11 is 0. The predicted octanol–water partition coefficient (Wildman–Crippen LogP) is 3.88. The van der Waals surface area contributed by atoms with Crippen molar-refractivity contribution >= 4 is 34.1 Å². The van der Waals surface area contributed by atoms with Gasteiger partial charge in [-0.15, -0.1) is 5.06 Å². The molecule has 5 heteroatoms. The van der Waals surface area contributed by atoms with E-state index in [9.17, 15) is 14.4 Å². The first-order valence-electron chi connectivity index (χ1n) is 8.18. The van der Waals surface area contributed by atoms with E-state index in [0.29, 0.717) is 22.2 Å². The van der Waals surface area contributed by atoms with Crippen LogP contribution < -0.4 is 5.06 Å². The second-order valence-corrected chi connectivity index (χ2v) is 6.13. The van der Waals surface area contributed by atoms with Crippen LogP contribution in [0.25, 0.3) is 21.9 Å². The number of fused-ring (bicyclic) bond motifs is 2. The number of anilines is 1. The van der Waals surface area contributed by atoms with Crippen molar-refractivity contribution in [3.8, 4) is 11.1 Å². The number of rotatable bonds is 1. The third-order valence-electron chi connectivity index (χ3n) is 4.45. The molecule has 1 aliphatic carbocycles. The van der Waals surface area contributed by atoms with Gasteiger partial charge in [0, 0.05) is 35.7 Å². The van der Waals surface area contributed by atoms with Crippen LogP contribution in [0.15, 0.2) is 54.6 Å². The largest absolute Gasteiger partial charge is 0.333 e. The molecule has 0 atom stereocenters. The second kappa shape index (κ2) is 5.81. The first-order chi connectivity index (χ1) is 12.5. The van der Waals surface area contributed by atoms with Crippen LogP contribution >= 0.6 is 0 Å². The Morgan fingerprint density at radius 1 is 0.808 bits per heavy atom. The summed E-state index contributed by atoms with van der Waals surface area (Å²) in [6.07, 6.45) is 0. The summed E-state index contributed by atoms with van der Waals surface area (Å²) < 4.78 is 0. The summed E-state index contributed by atoms with van der Waals surface area (Å²) in [6.45, 7) is 2.56. The monoisotopic (exact) mass is 345 g/mol. The number of carbonyl (C=O) groups is 3. The number of benzene rings is 3. The van der Waals surface area contributed by atoms with E-state index < -0.39 is 11.9 Å². The SMILES string of the molecule is CC(=O)ON(C(C)=O)c1ccc2c3c(cccc13)C(=O)c1ccccc1-2. The van der Waals surface area contributed by atoms with Gasteiger partial charge in [-0.25, -0.2) is 4.79 Å². The molecule has 1 aliphatic rings. The average molecular weight is 345 g/mol. The van der Waals surface area contributed by atoms with Crippen LogP contribution in [0, 0.1) is 0 Å². The Labute approximate surface area is 149 Å². The molecule has 0 unspecified atom stereocenters. The maximum atomic E-state index is 12.9. The highest BCUT2D eigenvalue weighted by Gasteiger charge is 2.27. The number of nitrogens with zero attached hydrogens (tertiary/aromatic N) is 1. The van der Waals surface area contributed by atoms with Gasteiger partial charge in [0.2, 0.25) is 0 Å². The molecule has 0 bridgehead atoms. The molecule has 3 aromatic rings. The normalized spacial score (nSPS) is 11.8. The highest BCUT2D eigenvalue weighted by atomic mass is 16.7. The van der Waals surface area contributed by atoms with Gasteiger partial charge >= 0.3 is 5.97 Å². The zero-order valence-electron chi connectivity index (χ0n) is 14.3. The molecule has 0 spiro atoms. The predicted molar refractivity (Wildman–Crippen MR) is 97.7 cm³/mol. The lowest BCUT2D eigenvalue weighted by Crippen LogP contribution is -2.31. The van der Waals surface area contributed by atoms with Crippen LogP contribution in [0.3, 0.4) is 0 Å². The van der Waals surface area contributed by atoms with Gasteiger partial charge in [0.1, 0.15) is 0 Å². The minimum Gasteiger partial charge on any atom is -0.333 e. The van der Waals surface area contributed by atoms with Crippen molar-refractivity contribution in [1.82, 2.24) is 0 Å². The molecule has 26 heavy (non-hydrogen) atoms. The molecule has 5 nitrogen and oxygen atoms in total. The maximum Gasteiger partial charge on any atom is 0.330 e. The van der Waals surface area contributed by atoms with Crippen LogP contribution in [0.4, 0.5) is 5.69 Å². The molecular weight excluding hydrogens is 330 g/mol. The molecule has 0 N–H and O–H groups in total. The van der Waals surface area contributed by atoms with E-state index in [1.807, 2.05) is 36.4 Å². The smallest absolute Gasteiger partial charge is 0.330 e. The van der Waals surface area contributed by atoms with Crippen LogP contribution in [0.2, 0.25) is 0 Å². The molecule has 0 aliphatic heterocycles. The highest BCUT2D eigenvalue weighted by molar-refractivity contribution is 6.27. The number of amides is 1. The number of hydrogen-bond acceptors (Lipinski definition) is 4. The van der Waals surface area contributed by atoms with E-state index in [1.54, 1.807) is 18.2 Å². The van der Waals surface area contributed by atoms with Crippen LogP contribution in [-0.2, 0) is 14.4 Å². The fourth-order valence-electron chi connectivity index (χ4n) is 3.45. The Balaban J connectivity index is 2.05. The first-order valence-corrected chi connectivity index (χ1v) is 8.18. The second-order valence-electron chi connectivity index (χ2n) is 6.13. The lowest BCUT2D eigenvalue weighted by atomic mass is 9.82. The van der Waals surface area contributed by atoms with E-state index in [1.165, 1.54) is 13.8 Å². The highest BCUT2D eigenvalue weighted by Crippen LogP contribution is 2.42. The molecule has 1 amide bonds. The Bertz CT molecular complexity index is 1100. The van der Waals surface area contributed by atoms with E-state index in [4.69, 9.17) is 4.84 Å². The van der Waals surface area contributed by atoms with Crippen molar-refractivity contribution in [2.24, 2.45) is 0 Å². The number of carbonyl (C=O) groups excluding carboxylic acids is 3. The molecule has 0 saturated carbocycles. The fourth-order valence-corrected chi connectivity index (χ4v) is 3.45. The number of hydroxylamine groups is 1. The lowest BCUT2D eigenvalue weighted by molar-refractivity contribution is -0.147. The summed E-state index contributed by atoms with van der Waals surface area (Å²) in [5.74, 6) is -1.08. The van der Waals surface area contributed by atoms with Crippen molar-refractivity contribution in [1.29, 1.82) is 0 Å². The minimum absolute atomic E-state index is 0.0577. The summed E-state index contributed by atoms with van der Waals surface area (Å²) in [6, 6.07) is 16.4. The number of hydrogen-bond donors (Lipinski definition) is 0. The van der Waals surface area contributed by atoms with Crippen molar-refractivity contribution in [2.45, 2.75) is 13.8 Å². The molecule has 0 fully saturated rings. The summed E-state index contributed by atoms with van der Waals surface area (Å²) in [7, 11) is 0. The van der Waals surface area contributed by atoms with E-state index in [0.717, 1.165) is 21.6 Å². The zero-order valence-corrected chi connectivity index (χ0v) is 14.3. The third-order valence-corrected chi connectivity index (χ3v) is 4.45.